The third-order valence-corrected chi connectivity index (χ3v) is 8.84. The number of nitrogens with zero attached hydrogens (tertiary/aromatic N) is 3. The van der Waals surface area contributed by atoms with Crippen LogP contribution in [0.25, 0.3) is 45.8 Å². The van der Waals surface area contributed by atoms with E-state index in [-0.39, 0.29) is 5.41 Å². The number of fused-ring (bicyclic) bond motifs is 2. The fourth-order valence-electron chi connectivity index (χ4n) is 6.55. The minimum Gasteiger partial charge on any atom is -0.359 e. The van der Waals surface area contributed by atoms with Gasteiger partial charge < -0.3 is 10.3 Å². The van der Waals surface area contributed by atoms with Crippen molar-refractivity contribution in [1.82, 2.24) is 30.5 Å². The molecule has 0 aliphatic heterocycles. The Labute approximate surface area is 247 Å². The molecule has 0 amide bonds. The maximum atomic E-state index is 4.75. The minimum absolute atomic E-state index is 0.218. The lowest BCUT2D eigenvalue weighted by Gasteiger charge is -2.29. The Morgan fingerprint density at radius 1 is 1.14 bits per heavy atom. The van der Waals surface area contributed by atoms with E-state index >= 15 is 0 Å². The molecule has 0 saturated heterocycles. The standard InChI is InChI=1S/C36H40N6/c1-5-26(21-27(6-2)39-24(3)20-25-12-8-7-9-13-25)36(4)17-15-32-30(23-36)34(42-41-32)33-22-29-28(16-19-38-35(29)40-33)31-14-10-11-18-37-31/h5-6,10-11,14-16,18-19,21-23,25,39,41H,2-3,7-9,12-13,17,20H2,1,4H3,(H,38,40)/b26-5+,27-21+. The second-order valence-corrected chi connectivity index (χ2v) is 11.9. The highest BCUT2D eigenvalue weighted by Crippen LogP contribution is 2.37. The Morgan fingerprint density at radius 2 is 2.00 bits per heavy atom. The molecule has 1 saturated carbocycles. The Kier molecular flexibility index (Phi) is 7.79. The van der Waals surface area contributed by atoms with Gasteiger partial charge in [-0.25, -0.2) is 4.98 Å². The van der Waals surface area contributed by atoms with E-state index in [9.17, 15) is 0 Å². The van der Waals surface area contributed by atoms with Crippen LogP contribution in [-0.2, 0) is 0 Å². The molecule has 1 unspecified atom stereocenters. The molecule has 0 radical (unpaired) electrons. The molecular formula is C36H40N6. The van der Waals surface area contributed by atoms with Crippen molar-refractivity contribution in [3.8, 4) is 22.6 Å². The topological polar surface area (TPSA) is 82.3 Å². The Hall–Kier alpha value is -4.45. The summed E-state index contributed by atoms with van der Waals surface area (Å²) >= 11 is 0. The summed E-state index contributed by atoms with van der Waals surface area (Å²) < 4.78 is 0. The minimum atomic E-state index is -0.218. The monoisotopic (exact) mass is 556 g/mol. The molecule has 1 fully saturated rings. The fraction of sp³-hybridized carbons (Fsp3) is 0.306. The molecule has 4 aromatic rings. The molecule has 4 aromatic heterocycles. The predicted octanol–water partition coefficient (Wildman–Crippen LogP) is 7.08. The van der Waals surface area contributed by atoms with Crippen molar-refractivity contribution in [1.29, 1.82) is 0 Å². The van der Waals surface area contributed by atoms with Gasteiger partial charge in [-0.05, 0) is 67.7 Å². The molecule has 42 heavy (non-hydrogen) atoms. The van der Waals surface area contributed by atoms with Gasteiger partial charge in [-0.1, -0.05) is 76.5 Å². The quantitative estimate of drug-likeness (QED) is 0.193. The second kappa shape index (κ2) is 11.8. The van der Waals surface area contributed by atoms with Gasteiger partial charge in [0.1, 0.15) is 11.3 Å². The lowest BCUT2D eigenvalue weighted by molar-refractivity contribution is 0.353. The van der Waals surface area contributed by atoms with Crippen LogP contribution in [0.3, 0.4) is 0 Å². The number of rotatable bonds is 9. The van der Waals surface area contributed by atoms with Crippen molar-refractivity contribution in [2.75, 3.05) is 0 Å². The van der Waals surface area contributed by atoms with E-state index in [0.29, 0.717) is 0 Å². The molecule has 6 heteroatoms. The summed E-state index contributed by atoms with van der Waals surface area (Å²) in [6.07, 6.45) is 23.1. The fourth-order valence-corrected chi connectivity index (χ4v) is 6.55. The first-order valence-electron chi connectivity index (χ1n) is 15.1. The SMILES string of the molecule is C=C/C(=C\C(=C/C)C1(C)C=c2c(-c3cc4c(-c5ccccn5)ccnc4[nH]3)n[nH]c2=CC1)NC(=C)CC1CCCCC1. The average molecular weight is 557 g/mol. The number of hydrogen-bond acceptors (Lipinski definition) is 4. The van der Waals surface area contributed by atoms with Crippen LogP contribution in [0.4, 0.5) is 0 Å². The highest BCUT2D eigenvalue weighted by Gasteiger charge is 2.28. The summed E-state index contributed by atoms with van der Waals surface area (Å²) in [7, 11) is 0. The molecule has 0 spiro atoms. The maximum Gasteiger partial charge on any atom is 0.138 e. The van der Waals surface area contributed by atoms with Gasteiger partial charge in [0.05, 0.1) is 16.7 Å². The van der Waals surface area contributed by atoms with Gasteiger partial charge in [0.2, 0.25) is 0 Å². The normalized spacial score (nSPS) is 19.6. The van der Waals surface area contributed by atoms with Gasteiger partial charge in [-0.15, -0.1) is 0 Å². The summed E-state index contributed by atoms with van der Waals surface area (Å²) in [6, 6.07) is 10.1. The number of nitrogens with one attached hydrogen (secondary N) is 3. The molecule has 0 aromatic carbocycles. The first kappa shape index (κ1) is 27.7. The third-order valence-electron chi connectivity index (χ3n) is 8.84. The van der Waals surface area contributed by atoms with Gasteiger partial charge >= 0.3 is 0 Å². The lowest BCUT2D eigenvalue weighted by Crippen LogP contribution is -2.33. The van der Waals surface area contributed by atoms with E-state index in [2.05, 4.69) is 82.7 Å². The van der Waals surface area contributed by atoms with Crippen LogP contribution in [0.1, 0.15) is 58.8 Å². The number of pyridine rings is 2. The molecule has 4 heterocycles. The Morgan fingerprint density at radius 3 is 2.76 bits per heavy atom. The van der Waals surface area contributed by atoms with Crippen LogP contribution < -0.4 is 15.9 Å². The maximum absolute atomic E-state index is 4.75. The lowest BCUT2D eigenvalue weighted by atomic mass is 9.75. The zero-order chi connectivity index (χ0) is 29.1. The molecular weight excluding hydrogens is 516 g/mol. The molecule has 2 aliphatic rings. The third kappa shape index (κ3) is 5.54. The summed E-state index contributed by atoms with van der Waals surface area (Å²) in [5, 5.41) is 14.7. The van der Waals surface area contributed by atoms with Crippen LogP contribution in [0, 0.1) is 11.3 Å². The highest BCUT2D eigenvalue weighted by atomic mass is 15.1. The smallest absolute Gasteiger partial charge is 0.138 e. The van der Waals surface area contributed by atoms with Gasteiger partial charge in [0, 0.05) is 45.4 Å². The average Bonchev–Trinajstić information content (AvgIpc) is 3.63. The molecule has 0 bridgehead atoms. The summed E-state index contributed by atoms with van der Waals surface area (Å²) in [5.74, 6) is 0.739. The number of H-pyrrole nitrogens is 2. The van der Waals surface area contributed by atoms with Gasteiger partial charge in [0.15, 0.2) is 0 Å². The van der Waals surface area contributed by atoms with Gasteiger partial charge in [0.25, 0.3) is 0 Å². The highest BCUT2D eigenvalue weighted by molar-refractivity contribution is 5.95. The van der Waals surface area contributed by atoms with E-state index in [1.165, 1.54) is 37.7 Å². The van der Waals surface area contributed by atoms with E-state index in [0.717, 1.165) is 74.4 Å². The van der Waals surface area contributed by atoms with Crippen LogP contribution in [0.5, 0.6) is 0 Å². The van der Waals surface area contributed by atoms with Crippen LogP contribution >= 0.6 is 0 Å². The van der Waals surface area contributed by atoms with Gasteiger partial charge in [-0.3, -0.25) is 10.1 Å². The van der Waals surface area contributed by atoms with Crippen molar-refractivity contribution < 1.29 is 0 Å². The number of aromatic nitrogens is 5. The molecule has 214 valence electrons. The van der Waals surface area contributed by atoms with Crippen molar-refractivity contribution in [3.05, 3.63) is 102 Å². The zero-order valence-electron chi connectivity index (χ0n) is 24.7. The van der Waals surface area contributed by atoms with Crippen LogP contribution in [0.2, 0.25) is 0 Å². The Bertz CT molecular complexity index is 1800. The summed E-state index contributed by atoms with van der Waals surface area (Å²) in [6.45, 7) is 12.9. The van der Waals surface area contributed by atoms with Crippen molar-refractivity contribution in [2.45, 2.75) is 58.8 Å². The Balaban J connectivity index is 1.31. The van der Waals surface area contributed by atoms with Crippen molar-refractivity contribution in [3.63, 3.8) is 0 Å². The van der Waals surface area contributed by atoms with Crippen LogP contribution in [-0.4, -0.2) is 25.1 Å². The number of allylic oxidation sites excluding steroid dienone is 5. The molecule has 6 rings (SSSR count). The number of hydrogen-bond donors (Lipinski definition) is 3. The van der Waals surface area contributed by atoms with E-state index in [1.807, 2.05) is 42.7 Å². The molecule has 3 N–H and O–H groups in total. The number of aromatic amines is 2. The first-order valence-corrected chi connectivity index (χ1v) is 15.1. The summed E-state index contributed by atoms with van der Waals surface area (Å²) in [4.78, 5) is 12.7. The van der Waals surface area contributed by atoms with Gasteiger partial charge in [-0.2, -0.15) is 5.10 Å². The zero-order valence-corrected chi connectivity index (χ0v) is 24.7. The van der Waals surface area contributed by atoms with Crippen molar-refractivity contribution in [2.24, 2.45) is 11.3 Å². The molecule has 6 nitrogen and oxygen atoms in total. The van der Waals surface area contributed by atoms with E-state index in [1.54, 1.807) is 0 Å². The predicted molar refractivity (Wildman–Crippen MR) is 173 cm³/mol. The van der Waals surface area contributed by atoms with Crippen molar-refractivity contribution >= 4 is 23.2 Å². The van der Waals surface area contributed by atoms with E-state index < -0.39 is 0 Å². The first-order chi connectivity index (χ1) is 20.5. The van der Waals surface area contributed by atoms with E-state index in [4.69, 9.17) is 5.10 Å². The molecule has 2 aliphatic carbocycles. The largest absolute Gasteiger partial charge is 0.359 e. The molecule has 1 atom stereocenters. The summed E-state index contributed by atoms with van der Waals surface area (Å²) in [5.41, 5.74) is 7.67. The second-order valence-electron chi connectivity index (χ2n) is 11.9. The van der Waals surface area contributed by atoms with Crippen LogP contribution in [0.15, 0.2) is 91.1 Å².